The summed E-state index contributed by atoms with van der Waals surface area (Å²) in [6, 6.07) is 0. The molecule has 0 rings (SSSR count). The van der Waals surface area contributed by atoms with Crippen LogP contribution in [0.3, 0.4) is 0 Å². The Morgan fingerprint density at radius 1 is 0.824 bits per heavy atom. The zero-order valence-corrected chi connectivity index (χ0v) is 13.3. The minimum absolute atomic E-state index is 0.523. The van der Waals surface area contributed by atoms with Gasteiger partial charge in [0.05, 0.1) is 0 Å². The summed E-state index contributed by atoms with van der Waals surface area (Å²) < 4.78 is 0. The van der Waals surface area contributed by atoms with Gasteiger partial charge in [-0.15, -0.1) is 0 Å². The van der Waals surface area contributed by atoms with E-state index in [9.17, 15) is 0 Å². The Balaban J connectivity index is 3.49. The second kappa shape index (κ2) is 9.00. The van der Waals surface area contributed by atoms with E-state index in [0.717, 1.165) is 11.8 Å². The molecule has 17 heavy (non-hydrogen) atoms. The van der Waals surface area contributed by atoms with Crippen molar-refractivity contribution in [2.75, 3.05) is 0 Å². The molecule has 0 amide bonds. The summed E-state index contributed by atoms with van der Waals surface area (Å²) in [5, 5.41) is 0. The minimum Gasteiger partial charge on any atom is -0.0651 e. The van der Waals surface area contributed by atoms with E-state index in [1.807, 2.05) is 0 Å². The van der Waals surface area contributed by atoms with Crippen LogP contribution >= 0.6 is 0 Å². The number of rotatable bonds is 9. The highest BCUT2D eigenvalue weighted by Gasteiger charge is 2.11. The molecule has 0 fully saturated rings. The highest BCUT2D eigenvalue weighted by Crippen LogP contribution is 2.25. The Hall–Kier alpha value is 0. The van der Waals surface area contributed by atoms with Gasteiger partial charge in [0, 0.05) is 0 Å². The molecule has 1 atom stereocenters. The second-order valence-electron chi connectivity index (χ2n) is 7.17. The lowest BCUT2D eigenvalue weighted by atomic mass is 9.86. The summed E-state index contributed by atoms with van der Waals surface area (Å²) >= 11 is 0. The first kappa shape index (κ1) is 17.0. The normalized spacial score (nSPS) is 14.3. The fourth-order valence-electron chi connectivity index (χ4n) is 2.58. The molecule has 1 unspecified atom stereocenters. The number of hydrogen-bond donors (Lipinski definition) is 0. The van der Waals surface area contributed by atoms with Gasteiger partial charge in [0.2, 0.25) is 0 Å². The lowest BCUT2D eigenvalue weighted by Crippen LogP contribution is -2.06. The van der Waals surface area contributed by atoms with E-state index in [4.69, 9.17) is 0 Å². The van der Waals surface area contributed by atoms with Crippen LogP contribution in [0.1, 0.15) is 92.9 Å². The summed E-state index contributed by atoms with van der Waals surface area (Å²) in [4.78, 5) is 0. The average Bonchev–Trinajstić information content (AvgIpc) is 2.22. The fraction of sp³-hybridized carbons (Fsp3) is 1.00. The predicted molar refractivity (Wildman–Crippen MR) is 80.4 cm³/mol. The van der Waals surface area contributed by atoms with Crippen molar-refractivity contribution >= 4 is 0 Å². The quantitative estimate of drug-likeness (QED) is 0.434. The first-order valence-corrected chi connectivity index (χ1v) is 7.89. The van der Waals surface area contributed by atoms with Gasteiger partial charge in [0.15, 0.2) is 0 Å². The third-order valence-electron chi connectivity index (χ3n) is 4.09. The zero-order valence-electron chi connectivity index (χ0n) is 13.3. The predicted octanol–water partition coefficient (Wildman–Crippen LogP) is 6.45. The molecule has 0 heteroatoms. The lowest BCUT2D eigenvalue weighted by molar-refractivity contribution is 0.330. The second-order valence-corrected chi connectivity index (χ2v) is 7.17. The molecule has 0 spiro atoms. The van der Waals surface area contributed by atoms with E-state index in [1.165, 1.54) is 51.4 Å². The van der Waals surface area contributed by atoms with Crippen molar-refractivity contribution in [3.8, 4) is 0 Å². The van der Waals surface area contributed by atoms with Crippen molar-refractivity contribution in [3.63, 3.8) is 0 Å². The van der Waals surface area contributed by atoms with Gasteiger partial charge in [-0.25, -0.2) is 0 Å². The van der Waals surface area contributed by atoms with E-state index in [-0.39, 0.29) is 0 Å². The summed E-state index contributed by atoms with van der Waals surface area (Å²) in [5.41, 5.74) is 0.523. The maximum atomic E-state index is 2.44. The van der Waals surface area contributed by atoms with Crippen LogP contribution in [0.25, 0.3) is 0 Å². The van der Waals surface area contributed by atoms with Crippen molar-refractivity contribution < 1.29 is 0 Å². The van der Waals surface area contributed by atoms with Crippen LogP contribution in [-0.4, -0.2) is 0 Å². The molecular formula is C17H36. The molecule has 0 heterocycles. The largest absolute Gasteiger partial charge is 0.0651 e. The molecule has 0 aromatic heterocycles. The summed E-state index contributed by atoms with van der Waals surface area (Å²) in [6.45, 7) is 14.2. The third-order valence-corrected chi connectivity index (χ3v) is 4.09. The van der Waals surface area contributed by atoms with Gasteiger partial charge >= 0.3 is 0 Å². The van der Waals surface area contributed by atoms with Gasteiger partial charge in [-0.05, 0) is 23.7 Å². The first-order valence-electron chi connectivity index (χ1n) is 7.89. The van der Waals surface area contributed by atoms with Crippen molar-refractivity contribution in [2.24, 2.45) is 17.3 Å². The standard InChI is InChI=1S/C17H36/c1-7-16(8-2)13-9-11-15(3)12-10-14-17(4,5)6/h15-16H,7-14H2,1-6H3. The molecule has 0 bridgehead atoms. The zero-order chi connectivity index (χ0) is 13.3. The van der Waals surface area contributed by atoms with Crippen LogP contribution in [0.15, 0.2) is 0 Å². The molecule has 104 valence electrons. The van der Waals surface area contributed by atoms with E-state index in [1.54, 1.807) is 0 Å². The Labute approximate surface area is 111 Å². The van der Waals surface area contributed by atoms with Crippen molar-refractivity contribution in [1.29, 1.82) is 0 Å². The molecular weight excluding hydrogens is 204 g/mol. The molecule has 0 aliphatic carbocycles. The van der Waals surface area contributed by atoms with Gasteiger partial charge in [0.1, 0.15) is 0 Å². The molecule has 0 N–H and O–H groups in total. The topological polar surface area (TPSA) is 0 Å². The number of hydrogen-bond acceptors (Lipinski definition) is 0. The van der Waals surface area contributed by atoms with Crippen LogP contribution in [0, 0.1) is 17.3 Å². The van der Waals surface area contributed by atoms with Crippen LogP contribution in [0.5, 0.6) is 0 Å². The smallest absolute Gasteiger partial charge is 0.0383 e. The van der Waals surface area contributed by atoms with Crippen LogP contribution in [0.4, 0.5) is 0 Å². The SMILES string of the molecule is CCC(CC)CCCC(C)CCCC(C)(C)C. The molecule has 0 saturated heterocycles. The molecule has 0 saturated carbocycles. The molecule has 0 aliphatic heterocycles. The van der Waals surface area contributed by atoms with Crippen LogP contribution < -0.4 is 0 Å². The highest BCUT2D eigenvalue weighted by atomic mass is 14.2. The molecule has 0 aromatic carbocycles. The van der Waals surface area contributed by atoms with Gasteiger partial charge in [-0.3, -0.25) is 0 Å². The third kappa shape index (κ3) is 10.9. The van der Waals surface area contributed by atoms with Crippen LogP contribution in [-0.2, 0) is 0 Å². The molecule has 0 nitrogen and oxygen atoms in total. The van der Waals surface area contributed by atoms with E-state index in [2.05, 4.69) is 41.5 Å². The monoisotopic (exact) mass is 240 g/mol. The Bertz CT molecular complexity index is 159. The van der Waals surface area contributed by atoms with Gasteiger partial charge in [0.25, 0.3) is 0 Å². The van der Waals surface area contributed by atoms with E-state index in [0.29, 0.717) is 5.41 Å². The van der Waals surface area contributed by atoms with Crippen molar-refractivity contribution in [3.05, 3.63) is 0 Å². The molecule has 0 aliphatic rings. The minimum atomic E-state index is 0.523. The molecule has 0 radical (unpaired) electrons. The lowest BCUT2D eigenvalue weighted by Gasteiger charge is -2.20. The Kier molecular flexibility index (Phi) is 9.00. The summed E-state index contributed by atoms with van der Waals surface area (Å²) in [6.07, 6.45) is 11.3. The first-order chi connectivity index (χ1) is 7.89. The fourth-order valence-corrected chi connectivity index (χ4v) is 2.58. The van der Waals surface area contributed by atoms with E-state index < -0.39 is 0 Å². The summed E-state index contributed by atoms with van der Waals surface area (Å²) in [5.74, 6) is 1.92. The maximum absolute atomic E-state index is 2.44. The van der Waals surface area contributed by atoms with Gasteiger partial charge in [-0.2, -0.15) is 0 Å². The Morgan fingerprint density at radius 2 is 1.35 bits per heavy atom. The van der Waals surface area contributed by atoms with Crippen molar-refractivity contribution in [2.45, 2.75) is 92.9 Å². The molecule has 0 aromatic rings. The Morgan fingerprint density at radius 3 is 1.82 bits per heavy atom. The highest BCUT2D eigenvalue weighted by molar-refractivity contribution is 4.64. The van der Waals surface area contributed by atoms with Gasteiger partial charge < -0.3 is 0 Å². The van der Waals surface area contributed by atoms with Gasteiger partial charge in [-0.1, -0.05) is 86.5 Å². The van der Waals surface area contributed by atoms with Crippen molar-refractivity contribution in [1.82, 2.24) is 0 Å². The van der Waals surface area contributed by atoms with E-state index >= 15 is 0 Å². The average molecular weight is 240 g/mol. The maximum Gasteiger partial charge on any atom is -0.0383 e. The summed E-state index contributed by atoms with van der Waals surface area (Å²) in [7, 11) is 0. The van der Waals surface area contributed by atoms with Crippen LogP contribution in [0.2, 0.25) is 0 Å².